The number of methoxy groups -OCH3 is 2. The number of hydrogen-bond donors (Lipinski definition) is 0. The molecule has 3 aliphatic rings. The first-order valence-electron chi connectivity index (χ1n) is 12.8. The molecule has 0 aromatic heterocycles. The molecule has 0 saturated heterocycles. The Morgan fingerprint density at radius 3 is 2.05 bits per heavy atom. The predicted molar refractivity (Wildman–Crippen MR) is 153 cm³/mol. The maximum Gasteiger partial charge on any atom is 0.174 e. The Labute approximate surface area is 234 Å². The highest BCUT2D eigenvalue weighted by molar-refractivity contribution is 14.1. The van der Waals surface area contributed by atoms with Crippen molar-refractivity contribution in [3.63, 3.8) is 0 Å². The lowest BCUT2D eigenvalue weighted by atomic mass is 9.63. The van der Waals surface area contributed by atoms with Gasteiger partial charge < -0.3 is 19.1 Å². The number of ether oxygens (including phenoxy) is 3. The lowest BCUT2D eigenvalue weighted by molar-refractivity contribution is -0.119. The van der Waals surface area contributed by atoms with Crippen LogP contribution in [0.1, 0.15) is 64.9 Å². The third-order valence-electron chi connectivity index (χ3n) is 7.47. The average molecular weight is 620 g/mol. The first kappa shape index (κ1) is 27.9. The van der Waals surface area contributed by atoms with E-state index in [-0.39, 0.29) is 22.4 Å². The number of nitrogens with zero attached hydrogens (tertiary/aromatic N) is 1. The monoisotopic (exact) mass is 619 g/mol. The molecule has 0 bridgehead atoms. The fourth-order valence-corrected chi connectivity index (χ4v) is 6.80. The SMILES string of the molecule is C=CCOc1c(I)cc(C2C3=C(CC(C)(C)CC3=O)N(CCOC)C3=C2C(=O)CC(C)(C)C3)cc1OC. The zero-order valence-corrected chi connectivity index (χ0v) is 25.0. The molecule has 0 N–H and O–H groups in total. The third-order valence-corrected chi connectivity index (χ3v) is 8.27. The summed E-state index contributed by atoms with van der Waals surface area (Å²) in [6, 6.07) is 3.97. The van der Waals surface area contributed by atoms with Crippen LogP contribution in [0.2, 0.25) is 0 Å². The topological polar surface area (TPSA) is 65.1 Å². The van der Waals surface area contributed by atoms with Gasteiger partial charge in [0, 0.05) is 55.0 Å². The van der Waals surface area contributed by atoms with Crippen LogP contribution in [0.3, 0.4) is 0 Å². The van der Waals surface area contributed by atoms with E-state index in [1.807, 2.05) is 12.1 Å². The Morgan fingerprint density at radius 1 is 1.00 bits per heavy atom. The number of carbonyl (C=O) groups is 2. The lowest BCUT2D eigenvalue weighted by Crippen LogP contribution is -2.45. The molecule has 1 aliphatic heterocycles. The zero-order chi connectivity index (χ0) is 27.1. The van der Waals surface area contributed by atoms with Gasteiger partial charge in [-0.1, -0.05) is 40.3 Å². The highest BCUT2D eigenvalue weighted by Crippen LogP contribution is 2.55. The van der Waals surface area contributed by atoms with Gasteiger partial charge in [-0.15, -0.1) is 0 Å². The van der Waals surface area contributed by atoms with E-state index in [1.54, 1.807) is 20.3 Å². The van der Waals surface area contributed by atoms with Crippen molar-refractivity contribution in [2.24, 2.45) is 10.8 Å². The number of hydrogen-bond acceptors (Lipinski definition) is 6. The molecular formula is C30H38INO5. The van der Waals surface area contributed by atoms with Crippen molar-refractivity contribution in [3.05, 3.63) is 56.5 Å². The molecule has 6 nitrogen and oxygen atoms in total. The van der Waals surface area contributed by atoms with Crippen molar-refractivity contribution >= 4 is 34.2 Å². The van der Waals surface area contributed by atoms with Gasteiger partial charge in [0.15, 0.2) is 23.1 Å². The first-order valence-corrected chi connectivity index (χ1v) is 13.9. The van der Waals surface area contributed by atoms with E-state index in [9.17, 15) is 9.59 Å². The van der Waals surface area contributed by atoms with Crippen LogP contribution in [0, 0.1) is 14.4 Å². The van der Waals surface area contributed by atoms with Crippen LogP contribution in [0.4, 0.5) is 0 Å². The predicted octanol–water partition coefficient (Wildman–Crippen LogP) is 6.20. The van der Waals surface area contributed by atoms with Gasteiger partial charge in [0.25, 0.3) is 0 Å². The number of benzene rings is 1. The minimum Gasteiger partial charge on any atom is -0.493 e. The van der Waals surface area contributed by atoms with Crippen LogP contribution in [0.25, 0.3) is 0 Å². The fraction of sp³-hybridized carbons (Fsp3) is 0.533. The Hall–Kier alpha value is -2.13. The van der Waals surface area contributed by atoms with Crippen molar-refractivity contribution in [2.75, 3.05) is 34.0 Å². The quantitative estimate of drug-likeness (QED) is 0.255. The summed E-state index contributed by atoms with van der Waals surface area (Å²) < 4.78 is 18.0. The molecule has 0 saturated carbocycles. The summed E-state index contributed by atoms with van der Waals surface area (Å²) in [4.78, 5) is 30.0. The molecule has 0 unspecified atom stereocenters. The molecular weight excluding hydrogens is 581 g/mol. The summed E-state index contributed by atoms with van der Waals surface area (Å²) in [5.41, 5.74) is 4.14. The molecule has 200 valence electrons. The summed E-state index contributed by atoms with van der Waals surface area (Å²) in [5.74, 6) is 1.03. The van der Waals surface area contributed by atoms with Gasteiger partial charge in [-0.2, -0.15) is 0 Å². The summed E-state index contributed by atoms with van der Waals surface area (Å²) in [6.07, 6.45) is 4.15. The van der Waals surface area contributed by atoms with Crippen molar-refractivity contribution < 1.29 is 23.8 Å². The summed E-state index contributed by atoms with van der Waals surface area (Å²) in [5, 5.41) is 0. The first-order chi connectivity index (χ1) is 17.4. The standard InChI is InChI=1S/C30H38INO5/c1-8-10-37-28-19(31)12-18(13-24(28)36-7)25-26-20(14-29(2,3)16-22(26)33)32(9-11-35-6)21-15-30(4,5)17-23(34)27(21)25/h8,12-13,25H,1,9-11,14-17H2,2-7H3. The number of rotatable bonds is 8. The van der Waals surface area contributed by atoms with E-state index >= 15 is 0 Å². The largest absolute Gasteiger partial charge is 0.493 e. The van der Waals surface area contributed by atoms with E-state index in [0.717, 1.165) is 44.5 Å². The Balaban J connectivity index is 1.98. The van der Waals surface area contributed by atoms with Crippen molar-refractivity contribution in [1.82, 2.24) is 4.90 Å². The van der Waals surface area contributed by atoms with Gasteiger partial charge >= 0.3 is 0 Å². The van der Waals surface area contributed by atoms with Gasteiger partial charge in [0.05, 0.1) is 17.3 Å². The molecule has 1 aromatic carbocycles. The fourth-order valence-electron chi connectivity index (χ4n) is 6.02. The van der Waals surface area contributed by atoms with E-state index in [0.29, 0.717) is 44.1 Å². The molecule has 0 radical (unpaired) electrons. The third kappa shape index (κ3) is 5.39. The van der Waals surface area contributed by atoms with E-state index in [1.165, 1.54) is 0 Å². The summed E-state index contributed by atoms with van der Waals surface area (Å²) in [6.45, 7) is 13.8. The van der Waals surface area contributed by atoms with Gasteiger partial charge in [0.2, 0.25) is 0 Å². The highest BCUT2D eigenvalue weighted by Gasteiger charge is 2.49. The van der Waals surface area contributed by atoms with E-state index in [2.05, 4.69) is 61.8 Å². The maximum atomic E-state index is 13.9. The molecule has 37 heavy (non-hydrogen) atoms. The van der Waals surface area contributed by atoms with Crippen LogP contribution < -0.4 is 9.47 Å². The Kier molecular flexibility index (Phi) is 7.96. The Bertz CT molecular complexity index is 1140. The molecule has 1 heterocycles. The van der Waals surface area contributed by atoms with Crippen molar-refractivity contribution in [3.8, 4) is 11.5 Å². The van der Waals surface area contributed by atoms with Crippen LogP contribution in [0.15, 0.2) is 47.3 Å². The normalized spacial score (nSPS) is 21.1. The van der Waals surface area contributed by atoms with Crippen molar-refractivity contribution in [2.45, 2.75) is 59.3 Å². The number of allylic oxidation sites excluding steroid dienone is 4. The molecule has 0 amide bonds. The summed E-state index contributed by atoms with van der Waals surface area (Å²) >= 11 is 2.24. The zero-order valence-electron chi connectivity index (χ0n) is 22.8. The second kappa shape index (κ2) is 10.6. The van der Waals surface area contributed by atoms with Crippen LogP contribution in [-0.2, 0) is 14.3 Å². The number of ketones is 2. The minimum absolute atomic E-state index is 0.115. The maximum absolute atomic E-state index is 13.9. The van der Waals surface area contributed by atoms with Gasteiger partial charge in [-0.3, -0.25) is 9.59 Å². The number of carbonyl (C=O) groups excluding carboxylic acids is 2. The highest BCUT2D eigenvalue weighted by atomic mass is 127. The second-order valence-electron chi connectivity index (χ2n) is 11.8. The molecule has 0 spiro atoms. The molecule has 1 aromatic rings. The molecule has 2 aliphatic carbocycles. The van der Waals surface area contributed by atoms with E-state index < -0.39 is 5.92 Å². The van der Waals surface area contributed by atoms with Crippen LogP contribution in [0.5, 0.6) is 11.5 Å². The molecule has 4 rings (SSSR count). The number of Topliss-reactive ketones (excluding diaryl/α,β-unsaturated/α-hetero) is 2. The van der Waals surface area contributed by atoms with Crippen LogP contribution >= 0.6 is 22.6 Å². The molecule has 0 fully saturated rings. The second-order valence-corrected chi connectivity index (χ2v) is 13.0. The molecule has 7 heteroatoms. The Morgan fingerprint density at radius 2 is 1.57 bits per heavy atom. The van der Waals surface area contributed by atoms with Crippen molar-refractivity contribution in [1.29, 1.82) is 0 Å². The van der Waals surface area contributed by atoms with E-state index in [4.69, 9.17) is 14.2 Å². The van der Waals surface area contributed by atoms with Crippen LogP contribution in [-0.4, -0.2) is 50.4 Å². The lowest BCUT2D eigenvalue weighted by Gasteiger charge is -2.49. The molecule has 0 atom stereocenters. The minimum atomic E-state index is -0.424. The summed E-state index contributed by atoms with van der Waals surface area (Å²) in [7, 11) is 3.30. The average Bonchev–Trinajstić information content (AvgIpc) is 2.79. The smallest absolute Gasteiger partial charge is 0.174 e. The van der Waals surface area contributed by atoms with Gasteiger partial charge in [0.1, 0.15) is 6.61 Å². The van der Waals surface area contributed by atoms with Gasteiger partial charge in [-0.25, -0.2) is 0 Å². The van der Waals surface area contributed by atoms with Gasteiger partial charge in [-0.05, 0) is 64.0 Å². The number of halogens is 1.